The van der Waals surface area contributed by atoms with Gasteiger partial charge in [-0.15, -0.1) is 0 Å². The highest BCUT2D eigenvalue weighted by molar-refractivity contribution is 6.36. The van der Waals surface area contributed by atoms with Crippen LogP contribution in [0, 0.1) is 6.92 Å². The molecule has 1 aliphatic heterocycles. The number of aromatic amines is 1. The van der Waals surface area contributed by atoms with Gasteiger partial charge >= 0.3 is 0 Å². The van der Waals surface area contributed by atoms with E-state index in [1.54, 1.807) is 13.3 Å². The number of anilines is 2. The molecule has 4 aromatic rings. The standard InChI is InChI=1S/C28H26N4O2/c1-17-11-12-23-26(22(28(33)32-23)15-24-25(34-3)13-14-29-24)27(17)31-18(2)30-16-20-9-6-8-19-7-4-5-10-21(19)20/h4-15,29-31H,2,16H2,1,3H3,(H,32,33)/b22-15-. The molecule has 0 fully saturated rings. The number of benzene rings is 3. The largest absolute Gasteiger partial charge is 0.495 e. The van der Waals surface area contributed by atoms with Crippen molar-refractivity contribution in [3.63, 3.8) is 0 Å². The van der Waals surface area contributed by atoms with Gasteiger partial charge in [0.05, 0.1) is 35.6 Å². The number of aryl methyl sites for hydroxylation is 1. The second-order valence-electron chi connectivity index (χ2n) is 8.25. The van der Waals surface area contributed by atoms with Gasteiger partial charge in [-0.05, 0) is 47.0 Å². The molecule has 0 bridgehead atoms. The van der Waals surface area contributed by atoms with Gasteiger partial charge in [-0.25, -0.2) is 0 Å². The van der Waals surface area contributed by atoms with Crippen LogP contribution < -0.4 is 20.7 Å². The fourth-order valence-corrected chi connectivity index (χ4v) is 4.34. The van der Waals surface area contributed by atoms with E-state index in [0.29, 0.717) is 23.7 Å². The molecule has 1 amide bonds. The van der Waals surface area contributed by atoms with Crippen molar-refractivity contribution in [3.05, 3.63) is 102 Å². The molecule has 0 unspecified atom stereocenters. The van der Waals surface area contributed by atoms with E-state index in [2.05, 4.69) is 57.8 Å². The fraction of sp³-hybridized carbons (Fsp3) is 0.107. The van der Waals surface area contributed by atoms with Crippen molar-refractivity contribution >= 4 is 39.7 Å². The number of ether oxygens (including phenoxy) is 1. The van der Waals surface area contributed by atoms with Crippen LogP contribution in [0.15, 0.2) is 79.3 Å². The van der Waals surface area contributed by atoms with Crippen molar-refractivity contribution < 1.29 is 9.53 Å². The summed E-state index contributed by atoms with van der Waals surface area (Å²) >= 11 is 0. The molecule has 0 spiro atoms. The molecule has 0 saturated heterocycles. The maximum Gasteiger partial charge on any atom is 0.256 e. The quantitative estimate of drug-likeness (QED) is 0.274. The smallest absolute Gasteiger partial charge is 0.256 e. The number of hydrogen-bond acceptors (Lipinski definition) is 4. The third kappa shape index (κ3) is 3.90. The highest BCUT2D eigenvalue weighted by atomic mass is 16.5. The third-order valence-electron chi connectivity index (χ3n) is 6.07. The molecule has 0 atom stereocenters. The molecule has 1 aromatic heterocycles. The second kappa shape index (κ2) is 8.83. The molecule has 170 valence electrons. The van der Waals surface area contributed by atoms with Gasteiger partial charge in [-0.3, -0.25) is 4.79 Å². The van der Waals surface area contributed by atoms with E-state index < -0.39 is 0 Å². The minimum atomic E-state index is -0.158. The van der Waals surface area contributed by atoms with Gasteiger partial charge in [0.1, 0.15) is 5.75 Å². The highest BCUT2D eigenvalue weighted by Crippen LogP contribution is 2.41. The second-order valence-corrected chi connectivity index (χ2v) is 8.25. The maximum atomic E-state index is 12.8. The molecule has 34 heavy (non-hydrogen) atoms. The molecular formula is C28H26N4O2. The first-order valence-corrected chi connectivity index (χ1v) is 11.1. The number of carbonyl (C=O) groups excluding carboxylic acids is 1. The van der Waals surface area contributed by atoms with Crippen molar-refractivity contribution in [1.29, 1.82) is 0 Å². The summed E-state index contributed by atoms with van der Waals surface area (Å²) < 4.78 is 5.39. The Kier molecular flexibility index (Phi) is 5.55. The topological polar surface area (TPSA) is 78.2 Å². The summed E-state index contributed by atoms with van der Waals surface area (Å²) in [6, 6.07) is 20.3. The Morgan fingerprint density at radius 3 is 2.76 bits per heavy atom. The number of amides is 1. The first-order chi connectivity index (χ1) is 16.5. The van der Waals surface area contributed by atoms with Crippen LogP contribution in [0.5, 0.6) is 5.75 Å². The van der Waals surface area contributed by atoms with Crippen LogP contribution >= 0.6 is 0 Å². The Morgan fingerprint density at radius 2 is 1.91 bits per heavy atom. The molecule has 0 saturated carbocycles. The number of rotatable bonds is 7. The molecule has 3 aromatic carbocycles. The average Bonchev–Trinajstić information content (AvgIpc) is 3.43. The zero-order valence-corrected chi connectivity index (χ0v) is 19.2. The number of H-pyrrole nitrogens is 1. The van der Waals surface area contributed by atoms with Gasteiger partial charge in [0.2, 0.25) is 0 Å². The SMILES string of the molecule is C=C(NCc1cccc2ccccc12)Nc1c(C)ccc2c1/C(=C/c1[nH]ccc1OC)C(=O)N2. The molecular weight excluding hydrogens is 424 g/mol. The molecule has 0 aliphatic carbocycles. The number of nitrogens with one attached hydrogen (secondary N) is 4. The van der Waals surface area contributed by atoms with Gasteiger partial charge in [0, 0.05) is 18.3 Å². The number of fused-ring (bicyclic) bond motifs is 2. The number of carbonyl (C=O) groups is 1. The van der Waals surface area contributed by atoms with E-state index in [9.17, 15) is 4.79 Å². The summed E-state index contributed by atoms with van der Waals surface area (Å²) in [5.74, 6) is 1.17. The monoisotopic (exact) mass is 450 g/mol. The molecule has 0 radical (unpaired) electrons. The van der Waals surface area contributed by atoms with Crippen LogP contribution in [0.2, 0.25) is 0 Å². The third-order valence-corrected chi connectivity index (χ3v) is 6.07. The Bertz CT molecular complexity index is 1440. The zero-order valence-electron chi connectivity index (χ0n) is 19.2. The van der Waals surface area contributed by atoms with E-state index in [0.717, 1.165) is 28.2 Å². The van der Waals surface area contributed by atoms with Gasteiger partial charge in [0.25, 0.3) is 5.91 Å². The van der Waals surface area contributed by atoms with Crippen molar-refractivity contribution in [2.45, 2.75) is 13.5 Å². The summed E-state index contributed by atoms with van der Waals surface area (Å²) in [5.41, 5.74) is 5.90. The Labute approximate surface area is 198 Å². The van der Waals surface area contributed by atoms with Crippen molar-refractivity contribution in [2.24, 2.45) is 0 Å². The fourth-order valence-electron chi connectivity index (χ4n) is 4.34. The average molecular weight is 451 g/mol. The first-order valence-electron chi connectivity index (χ1n) is 11.1. The van der Waals surface area contributed by atoms with Crippen molar-refractivity contribution in [2.75, 3.05) is 17.7 Å². The Hall–Kier alpha value is -4.45. The van der Waals surface area contributed by atoms with E-state index >= 15 is 0 Å². The van der Waals surface area contributed by atoms with Crippen molar-refractivity contribution in [3.8, 4) is 5.75 Å². The van der Waals surface area contributed by atoms with Gasteiger partial charge in [0.15, 0.2) is 0 Å². The van der Waals surface area contributed by atoms with Gasteiger partial charge in [-0.1, -0.05) is 55.1 Å². The number of aromatic nitrogens is 1. The minimum Gasteiger partial charge on any atom is -0.495 e. The predicted molar refractivity (Wildman–Crippen MR) is 139 cm³/mol. The normalized spacial score (nSPS) is 13.6. The van der Waals surface area contributed by atoms with Crippen LogP contribution in [0.25, 0.3) is 22.4 Å². The van der Waals surface area contributed by atoms with Crippen LogP contribution in [0.4, 0.5) is 11.4 Å². The van der Waals surface area contributed by atoms with Gasteiger partial charge < -0.3 is 25.7 Å². The van der Waals surface area contributed by atoms with E-state index in [-0.39, 0.29) is 5.91 Å². The first kappa shape index (κ1) is 21.4. The van der Waals surface area contributed by atoms with Crippen LogP contribution in [0.1, 0.15) is 22.4 Å². The Morgan fingerprint density at radius 1 is 1.09 bits per heavy atom. The van der Waals surface area contributed by atoms with E-state index in [1.807, 2.05) is 43.3 Å². The van der Waals surface area contributed by atoms with Crippen LogP contribution in [-0.4, -0.2) is 18.0 Å². The lowest BCUT2D eigenvalue weighted by atomic mass is 10.00. The van der Waals surface area contributed by atoms with Gasteiger partial charge in [-0.2, -0.15) is 0 Å². The lowest BCUT2D eigenvalue weighted by molar-refractivity contribution is -0.110. The molecule has 6 nitrogen and oxygen atoms in total. The number of hydrogen-bond donors (Lipinski definition) is 4. The minimum absolute atomic E-state index is 0.158. The predicted octanol–water partition coefficient (Wildman–Crippen LogP) is 5.65. The Balaban J connectivity index is 1.42. The zero-order chi connectivity index (χ0) is 23.7. The molecule has 5 rings (SSSR count). The summed E-state index contributed by atoms with van der Waals surface area (Å²) in [5, 5.41) is 12.2. The molecule has 6 heteroatoms. The van der Waals surface area contributed by atoms with Crippen LogP contribution in [0.3, 0.4) is 0 Å². The lowest BCUT2D eigenvalue weighted by Crippen LogP contribution is -2.19. The molecule has 1 aliphatic rings. The number of methoxy groups -OCH3 is 1. The lowest BCUT2D eigenvalue weighted by Gasteiger charge is -2.18. The summed E-state index contributed by atoms with van der Waals surface area (Å²) in [6.45, 7) is 6.82. The molecule has 2 heterocycles. The van der Waals surface area contributed by atoms with Crippen LogP contribution in [-0.2, 0) is 11.3 Å². The summed E-state index contributed by atoms with van der Waals surface area (Å²) in [6.07, 6.45) is 3.60. The summed E-state index contributed by atoms with van der Waals surface area (Å²) in [4.78, 5) is 16.0. The summed E-state index contributed by atoms with van der Waals surface area (Å²) in [7, 11) is 1.61. The van der Waals surface area contributed by atoms with Crippen molar-refractivity contribution in [1.82, 2.24) is 10.3 Å². The van der Waals surface area contributed by atoms with E-state index in [1.165, 1.54) is 16.3 Å². The molecule has 4 N–H and O–H groups in total. The highest BCUT2D eigenvalue weighted by Gasteiger charge is 2.28. The van der Waals surface area contributed by atoms with E-state index in [4.69, 9.17) is 4.74 Å². The maximum absolute atomic E-state index is 12.8.